The maximum absolute atomic E-state index is 12.7. The molecular formula is C25H37N3O5. The second-order valence-corrected chi connectivity index (χ2v) is 10.0. The van der Waals surface area contributed by atoms with Crippen molar-refractivity contribution in [3.05, 3.63) is 35.9 Å². The summed E-state index contributed by atoms with van der Waals surface area (Å²) in [6.07, 6.45) is 4.20. The van der Waals surface area contributed by atoms with Crippen LogP contribution in [0.5, 0.6) is 0 Å². The van der Waals surface area contributed by atoms with Gasteiger partial charge >= 0.3 is 12.2 Å². The summed E-state index contributed by atoms with van der Waals surface area (Å²) >= 11 is 0. The summed E-state index contributed by atoms with van der Waals surface area (Å²) < 4.78 is 10.7. The highest BCUT2D eigenvalue weighted by Crippen LogP contribution is 2.25. The zero-order chi connectivity index (χ0) is 23.8. The van der Waals surface area contributed by atoms with Crippen LogP contribution in [0, 0.1) is 5.92 Å². The average molecular weight is 460 g/mol. The Morgan fingerprint density at radius 1 is 1.03 bits per heavy atom. The van der Waals surface area contributed by atoms with Crippen molar-refractivity contribution in [1.82, 2.24) is 15.5 Å². The Morgan fingerprint density at radius 3 is 2.39 bits per heavy atom. The molecule has 2 aliphatic rings. The van der Waals surface area contributed by atoms with E-state index in [4.69, 9.17) is 9.47 Å². The van der Waals surface area contributed by atoms with E-state index >= 15 is 0 Å². The van der Waals surface area contributed by atoms with Crippen LogP contribution in [0.15, 0.2) is 30.3 Å². The smallest absolute Gasteiger partial charge is 0.410 e. The lowest BCUT2D eigenvalue weighted by molar-refractivity contribution is -0.125. The Labute approximate surface area is 196 Å². The van der Waals surface area contributed by atoms with Gasteiger partial charge in [-0.1, -0.05) is 30.3 Å². The average Bonchev–Trinajstić information content (AvgIpc) is 3.27. The summed E-state index contributed by atoms with van der Waals surface area (Å²) in [5.41, 5.74) is 0.376. The molecule has 1 aliphatic carbocycles. The fourth-order valence-electron chi connectivity index (χ4n) is 4.38. The normalized spacial score (nSPS) is 23.0. The molecule has 0 bridgehead atoms. The Morgan fingerprint density at radius 2 is 1.73 bits per heavy atom. The van der Waals surface area contributed by atoms with E-state index in [0.29, 0.717) is 25.4 Å². The van der Waals surface area contributed by atoms with E-state index in [2.05, 4.69) is 10.6 Å². The fourth-order valence-corrected chi connectivity index (χ4v) is 4.38. The highest BCUT2D eigenvalue weighted by molar-refractivity contribution is 5.86. The molecule has 1 saturated carbocycles. The van der Waals surface area contributed by atoms with Gasteiger partial charge in [0.1, 0.15) is 18.2 Å². The minimum atomic E-state index is -0.582. The lowest BCUT2D eigenvalue weighted by atomic mass is 9.86. The minimum Gasteiger partial charge on any atom is -0.445 e. The zero-order valence-electron chi connectivity index (χ0n) is 20.0. The lowest BCUT2D eigenvalue weighted by Crippen LogP contribution is -2.48. The van der Waals surface area contributed by atoms with Gasteiger partial charge in [-0.15, -0.1) is 0 Å². The van der Waals surface area contributed by atoms with Crippen LogP contribution in [0.25, 0.3) is 0 Å². The van der Waals surface area contributed by atoms with Gasteiger partial charge < -0.3 is 20.1 Å². The topological polar surface area (TPSA) is 97.0 Å². The third kappa shape index (κ3) is 7.94. The van der Waals surface area contributed by atoms with Crippen molar-refractivity contribution >= 4 is 18.1 Å². The van der Waals surface area contributed by atoms with Crippen LogP contribution in [0.2, 0.25) is 0 Å². The minimum absolute atomic E-state index is 0.0951. The third-order valence-electron chi connectivity index (χ3n) is 6.13. The third-order valence-corrected chi connectivity index (χ3v) is 6.13. The number of carbonyl (C=O) groups is 3. The highest BCUT2D eigenvalue weighted by atomic mass is 16.6. The first kappa shape index (κ1) is 24.9. The Kier molecular flexibility index (Phi) is 8.58. The SMILES string of the molecule is CC(C)(C)OC(=O)N1CCC[C@H]1C(=O)NCC1CCC(NC(=O)OCc2ccccc2)CC1. The van der Waals surface area contributed by atoms with Crippen LogP contribution in [0.3, 0.4) is 0 Å². The van der Waals surface area contributed by atoms with Gasteiger partial charge in [0.15, 0.2) is 0 Å². The van der Waals surface area contributed by atoms with Gasteiger partial charge in [0.05, 0.1) is 0 Å². The maximum Gasteiger partial charge on any atom is 0.410 e. The van der Waals surface area contributed by atoms with E-state index in [0.717, 1.165) is 37.7 Å². The van der Waals surface area contributed by atoms with Crippen molar-refractivity contribution in [3.63, 3.8) is 0 Å². The fraction of sp³-hybridized carbons (Fsp3) is 0.640. The molecule has 8 heteroatoms. The van der Waals surface area contributed by atoms with Gasteiger partial charge in [0.25, 0.3) is 0 Å². The van der Waals surface area contributed by atoms with E-state index < -0.39 is 17.7 Å². The van der Waals surface area contributed by atoms with Gasteiger partial charge in [0.2, 0.25) is 5.91 Å². The molecule has 3 rings (SSSR count). The maximum atomic E-state index is 12.7. The summed E-state index contributed by atoms with van der Waals surface area (Å²) in [4.78, 5) is 38.8. The van der Waals surface area contributed by atoms with Crippen molar-refractivity contribution in [2.75, 3.05) is 13.1 Å². The van der Waals surface area contributed by atoms with Crippen LogP contribution in [-0.4, -0.2) is 53.8 Å². The van der Waals surface area contributed by atoms with Gasteiger partial charge in [-0.2, -0.15) is 0 Å². The monoisotopic (exact) mass is 459 g/mol. The number of hydrogen-bond acceptors (Lipinski definition) is 5. The summed E-state index contributed by atoms with van der Waals surface area (Å²) in [5.74, 6) is 0.256. The summed E-state index contributed by atoms with van der Waals surface area (Å²) in [6.45, 7) is 6.86. The molecule has 1 atom stereocenters. The molecule has 182 valence electrons. The number of nitrogens with one attached hydrogen (secondary N) is 2. The predicted molar refractivity (Wildman–Crippen MR) is 124 cm³/mol. The molecule has 8 nitrogen and oxygen atoms in total. The van der Waals surface area contributed by atoms with Crippen LogP contribution < -0.4 is 10.6 Å². The molecule has 1 saturated heterocycles. The van der Waals surface area contributed by atoms with E-state index in [9.17, 15) is 14.4 Å². The number of likely N-dealkylation sites (tertiary alicyclic amines) is 1. The number of ether oxygens (including phenoxy) is 2. The standard InChI is InChI=1S/C25H37N3O5/c1-25(2,3)33-24(31)28-15-7-10-21(28)22(29)26-16-18-11-13-20(14-12-18)27-23(30)32-17-19-8-5-4-6-9-19/h4-6,8-9,18,20-21H,7,10-17H2,1-3H3,(H,26,29)(H,27,30)/t18?,20?,21-/m0/s1. The largest absolute Gasteiger partial charge is 0.445 e. The van der Waals surface area contributed by atoms with Crippen LogP contribution in [0.1, 0.15) is 64.9 Å². The van der Waals surface area contributed by atoms with Crippen LogP contribution in [0.4, 0.5) is 9.59 Å². The highest BCUT2D eigenvalue weighted by Gasteiger charge is 2.36. The molecule has 1 heterocycles. The number of alkyl carbamates (subject to hydrolysis) is 1. The molecule has 3 amide bonds. The Balaban J connectivity index is 1.34. The second-order valence-electron chi connectivity index (χ2n) is 10.0. The summed E-state index contributed by atoms with van der Waals surface area (Å²) in [5, 5.41) is 5.99. The zero-order valence-corrected chi connectivity index (χ0v) is 20.0. The molecule has 0 unspecified atom stereocenters. The van der Waals surface area contributed by atoms with E-state index in [-0.39, 0.29) is 24.6 Å². The van der Waals surface area contributed by atoms with E-state index in [1.807, 2.05) is 51.1 Å². The lowest BCUT2D eigenvalue weighted by Gasteiger charge is -2.30. The number of amides is 3. The number of rotatable bonds is 6. The van der Waals surface area contributed by atoms with Crippen molar-refractivity contribution in [2.24, 2.45) is 5.92 Å². The molecule has 2 N–H and O–H groups in total. The molecule has 0 aromatic heterocycles. The quantitative estimate of drug-likeness (QED) is 0.671. The Bertz CT molecular complexity index is 800. The predicted octanol–water partition coefficient (Wildman–Crippen LogP) is 3.99. The Hall–Kier alpha value is -2.77. The van der Waals surface area contributed by atoms with Crippen molar-refractivity contribution in [2.45, 2.75) is 83.6 Å². The summed E-state index contributed by atoms with van der Waals surface area (Å²) in [7, 11) is 0. The van der Waals surface area contributed by atoms with Gasteiger partial charge in [-0.3, -0.25) is 9.69 Å². The molecule has 2 fully saturated rings. The number of benzene rings is 1. The number of hydrogen-bond donors (Lipinski definition) is 2. The van der Waals surface area contributed by atoms with Crippen molar-refractivity contribution in [3.8, 4) is 0 Å². The molecule has 33 heavy (non-hydrogen) atoms. The first-order chi connectivity index (χ1) is 15.7. The van der Waals surface area contributed by atoms with Gasteiger partial charge in [-0.25, -0.2) is 9.59 Å². The van der Waals surface area contributed by atoms with Crippen LogP contribution >= 0.6 is 0 Å². The molecular weight excluding hydrogens is 422 g/mol. The molecule has 0 spiro atoms. The second kappa shape index (κ2) is 11.4. The first-order valence-electron chi connectivity index (χ1n) is 12.0. The number of nitrogens with zero attached hydrogens (tertiary/aromatic N) is 1. The van der Waals surface area contributed by atoms with Gasteiger partial charge in [-0.05, 0) is 70.8 Å². The first-order valence-corrected chi connectivity index (χ1v) is 12.0. The summed E-state index contributed by atoms with van der Waals surface area (Å²) in [6, 6.07) is 9.23. The van der Waals surface area contributed by atoms with Crippen molar-refractivity contribution < 1.29 is 23.9 Å². The van der Waals surface area contributed by atoms with E-state index in [1.54, 1.807) is 4.90 Å². The molecule has 1 aliphatic heterocycles. The molecule has 1 aromatic carbocycles. The molecule has 0 radical (unpaired) electrons. The van der Waals surface area contributed by atoms with Crippen LogP contribution in [-0.2, 0) is 20.9 Å². The number of carbonyl (C=O) groups excluding carboxylic acids is 3. The van der Waals surface area contributed by atoms with Gasteiger partial charge in [0, 0.05) is 19.1 Å². The molecule has 1 aromatic rings. The van der Waals surface area contributed by atoms with E-state index in [1.165, 1.54) is 0 Å². The van der Waals surface area contributed by atoms with Crippen molar-refractivity contribution in [1.29, 1.82) is 0 Å².